The van der Waals surface area contributed by atoms with Crippen LogP contribution in [0.5, 0.6) is 0 Å². The highest BCUT2D eigenvalue weighted by Gasteiger charge is 2.18. The van der Waals surface area contributed by atoms with Crippen LogP contribution in [0, 0.1) is 0 Å². The number of hydrogen-bond donors (Lipinski definition) is 1. The van der Waals surface area contributed by atoms with Gasteiger partial charge in [-0.1, -0.05) is 0 Å². The minimum Gasteiger partial charge on any atom is -0.479 e. The number of nitrogens with zero attached hydrogens (tertiary/aromatic N) is 1. The third-order valence-corrected chi connectivity index (χ3v) is 1.02. The van der Waals surface area contributed by atoms with E-state index in [0.29, 0.717) is 0 Å². The minimum absolute atomic E-state index is 0.0712. The van der Waals surface area contributed by atoms with E-state index in [1.165, 1.54) is 12.5 Å². The van der Waals surface area contributed by atoms with Gasteiger partial charge < -0.3 is 10.5 Å². The molecule has 0 spiro atoms. The van der Waals surface area contributed by atoms with Crippen molar-refractivity contribution < 1.29 is 14.3 Å². The van der Waals surface area contributed by atoms with E-state index in [4.69, 9.17) is 5.73 Å². The summed E-state index contributed by atoms with van der Waals surface area (Å²) >= 11 is 0. The lowest BCUT2D eigenvalue weighted by Crippen LogP contribution is -2.36. The van der Waals surface area contributed by atoms with Crippen LogP contribution < -0.4 is 5.73 Å². The zero-order valence-corrected chi connectivity index (χ0v) is 5.11. The first-order chi connectivity index (χ1) is 4.72. The van der Waals surface area contributed by atoms with Crippen LogP contribution in [0.3, 0.4) is 0 Å². The molecule has 0 aromatic heterocycles. The Balaban J connectivity index is 2.57. The predicted octanol–water partition coefficient (Wildman–Crippen LogP) is -1.24. The van der Waals surface area contributed by atoms with Gasteiger partial charge in [0, 0.05) is 6.20 Å². The smallest absolute Gasteiger partial charge is 0.318 e. The molecule has 5 heteroatoms. The van der Waals surface area contributed by atoms with Crippen LogP contribution in [0.15, 0.2) is 12.5 Å². The number of carbonyl (C=O) groups is 2. The second-order valence-corrected chi connectivity index (χ2v) is 1.72. The number of primary amides is 1. The molecule has 0 aromatic rings. The highest BCUT2D eigenvalue weighted by molar-refractivity contribution is 6.34. The average molecular weight is 142 g/mol. The summed E-state index contributed by atoms with van der Waals surface area (Å²) in [6.07, 6.45) is 2.67. The van der Waals surface area contributed by atoms with Crippen LogP contribution in [0.4, 0.5) is 0 Å². The van der Waals surface area contributed by atoms with Crippen molar-refractivity contribution in [2.24, 2.45) is 5.73 Å². The number of hydrogen-bond acceptors (Lipinski definition) is 3. The maximum atomic E-state index is 10.7. The summed E-state index contributed by atoms with van der Waals surface area (Å²) in [5.41, 5.74) is 4.70. The molecule has 54 valence electrons. The molecule has 0 saturated heterocycles. The third-order valence-electron chi connectivity index (χ3n) is 1.02. The van der Waals surface area contributed by atoms with Crippen molar-refractivity contribution in [2.45, 2.75) is 0 Å². The zero-order chi connectivity index (χ0) is 7.56. The second-order valence-electron chi connectivity index (χ2n) is 1.72. The second kappa shape index (κ2) is 2.38. The van der Waals surface area contributed by atoms with Crippen molar-refractivity contribution in [2.75, 3.05) is 6.73 Å². The molecule has 1 aliphatic rings. The van der Waals surface area contributed by atoms with Crippen LogP contribution in [-0.2, 0) is 14.3 Å². The fourth-order valence-corrected chi connectivity index (χ4v) is 0.551. The van der Waals surface area contributed by atoms with Gasteiger partial charge in [0.05, 0.1) is 0 Å². The van der Waals surface area contributed by atoms with Gasteiger partial charge in [-0.05, 0) is 0 Å². The maximum absolute atomic E-state index is 10.7. The van der Waals surface area contributed by atoms with E-state index < -0.39 is 11.8 Å². The van der Waals surface area contributed by atoms with Crippen LogP contribution in [0.1, 0.15) is 0 Å². The Labute approximate surface area is 57.0 Å². The van der Waals surface area contributed by atoms with Crippen LogP contribution in [0.2, 0.25) is 0 Å². The average Bonchev–Trinajstić information content (AvgIpc) is 2.36. The molecule has 0 saturated carbocycles. The van der Waals surface area contributed by atoms with Crippen LogP contribution >= 0.6 is 0 Å². The Kier molecular flexibility index (Phi) is 1.57. The van der Waals surface area contributed by atoms with Crippen molar-refractivity contribution in [3.63, 3.8) is 0 Å². The summed E-state index contributed by atoms with van der Waals surface area (Å²) in [6.45, 7) is 0.0712. The van der Waals surface area contributed by atoms with Gasteiger partial charge in [-0.3, -0.25) is 14.5 Å². The van der Waals surface area contributed by atoms with Gasteiger partial charge in [0.15, 0.2) is 6.73 Å². The molecule has 0 unspecified atom stereocenters. The molecule has 0 fully saturated rings. The Bertz CT molecular complexity index is 199. The first-order valence-electron chi connectivity index (χ1n) is 2.60. The third kappa shape index (κ3) is 1.07. The van der Waals surface area contributed by atoms with Gasteiger partial charge in [-0.2, -0.15) is 0 Å². The van der Waals surface area contributed by atoms with Gasteiger partial charge in [-0.25, -0.2) is 0 Å². The molecule has 1 heterocycles. The van der Waals surface area contributed by atoms with Crippen LogP contribution in [-0.4, -0.2) is 23.4 Å². The number of carbonyl (C=O) groups excluding carboxylic acids is 2. The molecule has 2 amide bonds. The van der Waals surface area contributed by atoms with E-state index in [0.717, 1.165) is 4.90 Å². The molecule has 1 rings (SSSR count). The SMILES string of the molecule is NC(=O)C(=O)N1C=COC1. The van der Waals surface area contributed by atoms with E-state index in [1.807, 2.05) is 0 Å². The highest BCUT2D eigenvalue weighted by atomic mass is 16.5. The molecule has 0 bridgehead atoms. The van der Waals surface area contributed by atoms with Crippen molar-refractivity contribution in [1.29, 1.82) is 0 Å². The fraction of sp³-hybridized carbons (Fsp3) is 0.200. The number of ether oxygens (including phenoxy) is 1. The molecule has 1 aliphatic heterocycles. The molecule has 0 radical (unpaired) electrons. The van der Waals surface area contributed by atoms with Crippen molar-refractivity contribution in [3.8, 4) is 0 Å². The van der Waals surface area contributed by atoms with Crippen molar-refractivity contribution in [1.82, 2.24) is 4.90 Å². The fourth-order valence-electron chi connectivity index (χ4n) is 0.551. The van der Waals surface area contributed by atoms with E-state index in [2.05, 4.69) is 4.74 Å². The monoisotopic (exact) mass is 142 g/mol. The zero-order valence-electron chi connectivity index (χ0n) is 5.11. The molecule has 0 aromatic carbocycles. The molecule has 0 aliphatic carbocycles. The van der Waals surface area contributed by atoms with E-state index in [9.17, 15) is 9.59 Å². The van der Waals surface area contributed by atoms with E-state index in [1.54, 1.807) is 0 Å². The molecular formula is C5H6N2O3. The Morgan fingerprint density at radius 1 is 1.60 bits per heavy atom. The summed E-state index contributed by atoms with van der Waals surface area (Å²) in [6, 6.07) is 0. The standard InChI is InChI=1S/C5H6N2O3/c6-4(8)5(9)7-1-2-10-3-7/h1-2H,3H2,(H2,6,8). The Hall–Kier alpha value is -1.52. The lowest BCUT2D eigenvalue weighted by Gasteiger charge is -2.07. The maximum Gasteiger partial charge on any atom is 0.318 e. The lowest BCUT2D eigenvalue weighted by atomic mass is 10.5. The number of rotatable bonds is 0. The Morgan fingerprint density at radius 3 is 2.70 bits per heavy atom. The summed E-state index contributed by atoms with van der Waals surface area (Å²) in [5, 5.41) is 0. The van der Waals surface area contributed by atoms with Gasteiger partial charge in [-0.15, -0.1) is 0 Å². The molecule has 0 atom stereocenters. The van der Waals surface area contributed by atoms with Crippen molar-refractivity contribution in [3.05, 3.63) is 12.5 Å². The summed E-state index contributed by atoms with van der Waals surface area (Å²) in [4.78, 5) is 22.0. The summed E-state index contributed by atoms with van der Waals surface area (Å²) < 4.78 is 4.65. The highest BCUT2D eigenvalue weighted by Crippen LogP contribution is 1.99. The largest absolute Gasteiger partial charge is 0.479 e. The first-order valence-corrected chi connectivity index (χ1v) is 2.60. The summed E-state index contributed by atoms with van der Waals surface area (Å²) in [5.74, 6) is -1.73. The minimum atomic E-state index is -0.977. The number of nitrogens with two attached hydrogens (primary N) is 1. The molecular weight excluding hydrogens is 136 g/mol. The topological polar surface area (TPSA) is 72.6 Å². The number of amides is 2. The quantitative estimate of drug-likeness (QED) is 0.430. The first kappa shape index (κ1) is 6.60. The normalized spacial score (nSPS) is 15.0. The lowest BCUT2D eigenvalue weighted by molar-refractivity contribution is -0.143. The summed E-state index contributed by atoms with van der Waals surface area (Å²) in [7, 11) is 0. The molecule has 5 nitrogen and oxygen atoms in total. The predicted molar refractivity (Wildman–Crippen MR) is 31.1 cm³/mol. The van der Waals surface area contributed by atoms with Gasteiger partial charge in [0.25, 0.3) is 0 Å². The van der Waals surface area contributed by atoms with E-state index >= 15 is 0 Å². The molecule has 2 N–H and O–H groups in total. The van der Waals surface area contributed by atoms with E-state index in [-0.39, 0.29) is 6.73 Å². The van der Waals surface area contributed by atoms with Gasteiger partial charge in [0.2, 0.25) is 0 Å². The van der Waals surface area contributed by atoms with Gasteiger partial charge in [0.1, 0.15) is 6.26 Å². The van der Waals surface area contributed by atoms with Gasteiger partial charge >= 0.3 is 11.8 Å². The molecule has 10 heavy (non-hydrogen) atoms. The van der Waals surface area contributed by atoms with Crippen molar-refractivity contribution >= 4 is 11.8 Å². The Morgan fingerprint density at radius 2 is 2.30 bits per heavy atom. The van der Waals surface area contributed by atoms with Crippen LogP contribution in [0.25, 0.3) is 0 Å².